The van der Waals surface area contributed by atoms with Crippen molar-refractivity contribution in [1.29, 1.82) is 0 Å². The van der Waals surface area contributed by atoms with Gasteiger partial charge in [-0.2, -0.15) is 0 Å². The van der Waals surface area contributed by atoms with Crippen LogP contribution in [-0.2, 0) is 4.79 Å². The van der Waals surface area contributed by atoms with Gasteiger partial charge in [-0.1, -0.05) is 23.2 Å². The van der Waals surface area contributed by atoms with Gasteiger partial charge in [0.1, 0.15) is 5.75 Å². The average Bonchev–Trinajstić information content (AvgIpc) is 3.24. The number of halogens is 2. The summed E-state index contributed by atoms with van der Waals surface area (Å²) in [5.41, 5.74) is 0. The van der Waals surface area contributed by atoms with E-state index < -0.39 is 0 Å². The van der Waals surface area contributed by atoms with Gasteiger partial charge >= 0.3 is 0 Å². The largest absolute Gasteiger partial charge is 0.508 e. The van der Waals surface area contributed by atoms with Crippen molar-refractivity contribution in [1.82, 2.24) is 9.80 Å². The van der Waals surface area contributed by atoms with Crippen LogP contribution in [0.15, 0.2) is 18.2 Å². The van der Waals surface area contributed by atoms with Crippen LogP contribution in [0.5, 0.6) is 5.75 Å². The van der Waals surface area contributed by atoms with Crippen LogP contribution in [0.1, 0.15) is 39.0 Å². The lowest BCUT2D eigenvalue weighted by molar-refractivity contribution is -0.131. The molecule has 3 rings (SSSR count). The Kier molecular flexibility index (Phi) is 7.66. The molecule has 0 saturated carbocycles. The van der Waals surface area contributed by atoms with Gasteiger partial charge < -0.3 is 14.9 Å². The number of hydrogen-bond acceptors (Lipinski definition) is 3. The van der Waals surface area contributed by atoms with Crippen LogP contribution in [0.2, 0.25) is 10.0 Å². The molecule has 4 nitrogen and oxygen atoms in total. The lowest BCUT2D eigenvalue weighted by atomic mass is 10.2. The zero-order chi connectivity index (χ0) is 17.5. The number of phenolic OH excluding ortho intramolecular Hbond substituents is 1. The number of aromatic hydroxyl groups is 1. The molecule has 134 valence electrons. The number of hydrogen-bond donors (Lipinski definition) is 1. The fourth-order valence-electron chi connectivity index (χ4n) is 3.14. The van der Waals surface area contributed by atoms with E-state index in [-0.39, 0.29) is 5.75 Å². The van der Waals surface area contributed by atoms with E-state index in [0.29, 0.717) is 22.0 Å². The quantitative estimate of drug-likeness (QED) is 0.864. The summed E-state index contributed by atoms with van der Waals surface area (Å²) >= 11 is 11.1. The van der Waals surface area contributed by atoms with Gasteiger partial charge in [-0.25, -0.2) is 0 Å². The van der Waals surface area contributed by atoms with E-state index >= 15 is 0 Å². The minimum Gasteiger partial charge on any atom is -0.508 e. The molecule has 2 fully saturated rings. The molecule has 2 aliphatic rings. The van der Waals surface area contributed by atoms with Gasteiger partial charge in [-0.15, -0.1) is 0 Å². The Labute approximate surface area is 154 Å². The Balaban J connectivity index is 0.000000198. The highest BCUT2D eigenvalue weighted by Gasteiger charge is 2.24. The third-order valence-electron chi connectivity index (χ3n) is 4.60. The van der Waals surface area contributed by atoms with Crippen LogP contribution in [0, 0.1) is 0 Å². The second-order valence-electron chi connectivity index (χ2n) is 6.48. The van der Waals surface area contributed by atoms with Crippen molar-refractivity contribution in [2.75, 3.05) is 26.2 Å². The Morgan fingerprint density at radius 1 is 1.08 bits per heavy atom. The third-order valence-corrected chi connectivity index (χ3v) is 5.34. The number of carbonyl (C=O) groups is 1. The molecule has 0 bridgehead atoms. The van der Waals surface area contributed by atoms with E-state index in [1.54, 1.807) is 6.07 Å². The highest BCUT2D eigenvalue weighted by Crippen LogP contribution is 2.25. The van der Waals surface area contributed by atoms with Crippen LogP contribution < -0.4 is 0 Å². The second kappa shape index (κ2) is 9.50. The average molecular weight is 373 g/mol. The van der Waals surface area contributed by atoms with Gasteiger partial charge in [-0.05, 0) is 63.9 Å². The summed E-state index contributed by atoms with van der Waals surface area (Å²) < 4.78 is 0. The van der Waals surface area contributed by atoms with Gasteiger partial charge in [0.25, 0.3) is 0 Å². The molecule has 2 heterocycles. The maximum absolute atomic E-state index is 11.9. The maximum atomic E-state index is 11.9. The van der Waals surface area contributed by atoms with Gasteiger partial charge in [0.2, 0.25) is 5.91 Å². The molecule has 1 N–H and O–H groups in total. The van der Waals surface area contributed by atoms with Crippen molar-refractivity contribution in [2.45, 2.75) is 45.1 Å². The molecule has 1 unspecified atom stereocenters. The van der Waals surface area contributed by atoms with E-state index in [2.05, 4.69) is 11.8 Å². The van der Waals surface area contributed by atoms with Crippen LogP contribution in [0.4, 0.5) is 0 Å². The molecule has 1 amide bonds. The SMILES string of the molecule is CC(CC(=O)N1CCCC1)N1CCCC1.Oc1ccc(Cl)c(Cl)c1. The second-order valence-corrected chi connectivity index (χ2v) is 7.30. The molecular formula is C18H26Cl2N2O2. The van der Waals surface area contributed by atoms with E-state index in [0.717, 1.165) is 19.5 Å². The molecule has 0 aromatic heterocycles. The lowest BCUT2D eigenvalue weighted by Gasteiger charge is -2.25. The molecule has 2 aliphatic heterocycles. The molecule has 2 saturated heterocycles. The van der Waals surface area contributed by atoms with E-state index in [9.17, 15) is 4.79 Å². The van der Waals surface area contributed by atoms with Crippen LogP contribution in [-0.4, -0.2) is 53.0 Å². The standard InChI is InChI=1S/C12H22N2O.C6H4Cl2O/c1-11(13-6-2-3-7-13)10-12(15)14-8-4-5-9-14;7-5-2-1-4(9)3-6(5)8/h11H,2-10H2,1H3;1-3,9H. The monoisotopic (exact) mass is 372 g/mol. The molecule has 1 aromatic rings. The summed E-state index contributed by atoms with van der Waals surface area (Å²) in [5, 5.41) is 9.62. The molecular weight excluding hydrogens is 347 g/mol. The Morgan fingerprint density at radius 2 is 1.67 bits per heavy atom. The van der Waals surface area contributed by atoms with Crippen molar-refractivity contribution >= 4 is 29.1 Å². The number of likely N-dealkylation sites (tertiary alicyclic amines) is 2. The van der Waals surface area contributed by atoms with Gasteiger partial charge in [0.05, 0.1) is 10.0 Å². The molecule has 1 aromatic carbocycles. The first-order valence-corrected chi connectivity index (χ1v) is 9.39. The molecule has 1 atom stereocenters. The first kappa shape index (κ1) is 19.4. The van der Waals surface area contributed by atoms with Crippen LogP contribution >= 0.6 is 23.2 Å². The topological polar surface area (TPSA) is 43.8 Å². The van der Waals surface area contributed by atoms with Crippen molar-refractivity contribution in [3.8, 4) is 5.75 Å². The zero-order valence-corrected chi connectivity index (χ0v) is 15.7. The summed E-state index contributed by atoms with van der Waals surface area (Å²) in [6.45, 7) is 6.55. The van der Waals surface area contributed by atoms with Crippen molar-refractivity contribution in [3.05, 3.63) is 28.2 Å². The number of phenols is 1. The first-order chi connectivity index (χ1) is 11.5. The summed E-state index contributed by atoms with van der Waals surface area (Å²) in [6.07, 6.45) is 5.73. The number of carbonyl (C=O) groups excluding carboxylic acids is 1. The Bertz CT molecular complexity index is 542. The fourth-order valence-corrected chi connectivity index (χ4v) is 3.44. The number of amides is 1. The van der Waals surface area contributed by atoms with Gasteiger partial charge in [0.15, 0.2) is 0 Å². The van der Waals surface area contributed by atoms with Crippen molar-refractivity contribution in [2.24, 2.45) is 0 Å². The molecule has 24 heavy (non-hydrogen) atoms. The lowest BCUT2D eigenvalue weighted by Crippen LogP contribution is -2.37. The van der Waals surface area contributed by atoms with E-state index in [1.807, 2.05) is 4.90 Å². The van der Waals surface area contributed by atoms with E-state index in [1.165, 1.54) is 50.9 Å². The number of benzene rings is 1. The highest BCUT2D eigenvalue weighted by atomic mass is 35.5. The molecule has 6 heteroatoms. The van der Waals surface area contributed by atoms with Crippen LogP contribution in [0.25, 0.3) is 0 Å². The van der Waals surface area contributed by atoms with E-state index in [4.69, 9.17) is 28.3 Å². The summed E-state index contributed by atoms with van der Waals surface area (Å²) in [4.78, 5) is 16.4. The van der Waals surface area contributed by atoms with Gasteiger partial charge in [0, 0.05) is 25.6 Å². The maximum Gasteiger partial charge on any atom is 0.224 e. The third kappa shape index (κ3) is 5.83. The molecule has 0 aliphatic carbocycles. The summed E-state index contributed by atoms with van der Waals surface area (Å²) in [5.74, 6) is 0.497. The normalized spacial score (nSPS) is 19.0. The van der Waals surface area contributed by atoms with Crippen molar-refractivity contribution in [3.63, 3.8) is 0 Å². The molecule has 0 spiro atoms. The zero-order valence-electron chi connectivity index (χ0n) is 14.2. The minimum atomic E-state index is 0.129. The Hall–Kier alpha value is -0.970. The molecule has 0 radical (unpaired) electrons. The number of rotatable bonds is 3. The first-order valence-electron chi connectivity index (χ1n) is 8.63. The predicted molar refractivity (Wildman–Crippen MR) is 98.8 cm³/mol. The Morgan fingerprint density at radius 3 is 2.21 bits per heavy atom. The minimum absolute atomic E-state index is 0.129. The predicted octanol–water partition coefficient (Wildman–Crippen LogP) is 4.18. The summed E-state index contributed by atoms with van der Waals surface area (Å²) in [7, 11) is 0. The fraction of sp³-hybridized carbons (Fsp3) is 0.611. The highest BCUT2D eigenvalue weighted by molar-refractivity contribution is 6.42. The summed E-state index contributed by atoms with van der Waals surface area (Å²) in [6, 6.07) is 4.86. The van der Waals surface area contributed by atoms with Crippen molar-refractivity contribution < 1.29 is 9.90 Å². The smallest absolute Gasteiger partial charge is 0.224 e. The van der Waals surface area contributed by atoms with Gasteiger partial charge in [-0.3, -0.25) is 4.79 Å². The number of nitrogens with zero attached hydrogens (tertiary/aromatic N) is 2. The van der Waals surface area contributed by atoms with Crippen LogP contribution in [0.3, 0.4) is 0 Å².